The van der Waals surface area contributed by atoms with Crippen molar-refractivity contribution in [3.05, 3.63) is 77.3 Å². The van der Waals surface area contributed by atoms with Gasteiger partial charge in [-0.3, -0.25) is 0 Å². The summed E-state index contributed by atoms with van der Waals surface area (Å²) in [6.45, 7) is 12.0. The maximum Gasteiger partial charge on any atom is 0.232 e. The SMILES string of the molecule is CC.CC.CC.Clc1nc(Cl)nc(Nc2ccc(N=Nc3ccc4ccccc4c3)cc2)n1. The van der Waals surface area contributed by atoms with Crippen molar-refractivity contribution in [3.63, 3.8) is 0 Å². The van der Waals surface area contributed by atoms with Crippen molar-refractivity contribution in [2.24, 2.45) is 10.2 Å². The lowest BCUT2D eigenvalue weighted by Gasteiger charge is -2.05. The molecule has 174 valence electrons. The van der Waals surface area contributed by atoms with Crippen LogP contribution in [0.2, 0.25) is 10.6 Å². The molecule has 0 aliphatic carbocycles. The Balaban J connectivity index is 0.000000841. The summed E-state index contributed by atoms with van der Waals surface area (Å²) >= 11 is 11.5. The Labute approximate surface area is 206 Å². The number of nitrogens with zero attached hydrogens (tertiary/aromatic N) is 5. The number of azo groups is 1. The molecule has 0 aliphatic heterocycles. The molecule has 3 aromatic carbocycles. The number of fused-ring (bicyclic) bond motifs is 1. The van der Waals surface area contributed by atoms with E-state index in [-0.39, 0.29) is 16.5 Å². The molecule has 0 bridgehead atoms. The fourth-order valence-electron chi connectivity index (χ4n) is 2.48. The first kappa shape index (κ1) is 27.9. The predicted molar refractivity (Wildman–Crippen MR) is 142 cm³/mol. The van der Waals surface area contributed by atoms with Crippen molar-refractivity contribution in [2.45, 2.75) is 41.5 Å². The average molecular weight is 485 g/mol. The fourth-order valence-corrected chi connectivity index (χ4v) is 2.84. The van der Waals surface area contributed by atoms with Gasteiger partial charge in [0.1, 0.15) is 0 Å². The van der Waals surface area contributed by atoms with Crippen molar-refractivity contribution in [1.82, 2.24) is 15.0 Å². The van der Waals surface area contributed by atoms with Gasteiger partial charge in [0.15, 0.2) is 0 Å². The third-order valence-electron chi connectivity index (χ3n) is 3.72. The first-order valence-electron chi connectivity index (χ1n) is 11.0. The van der Waals surface area contributed by atoms with Gasteiger partial charge in [0.2, 0.25) is 16.5 Å². The van der Waals surface area contributed by atoms with E-state index in [1.54, 1.807) is 0 Å². The van der Waals surface area contributed by atoms with E-state index in [0.29, 0.717) is 0 Å². The topological polar surface area (TPSA) is 75.4 Å². The van der Waals surface area contributed by atoms with Crippen LogP contribution < -0.4 is 5.32 Å². The average Bonchev–Trinajstić information content (AvgIpc) is 2.86. The normalized spacial score (nSPS) is 9.70. The van der Waals surface area contributed by atoms with Crippen LogP contribution in [-0.2, 0) is 0 Å². The van der Waals surface area contributed by atoms with Gasteiger partial charge >= 0.3 is 0 Å². The number of nitrogens with one attached hydrogen (secondary N) is 1. The highest BCUT2D eigenvalue weighted by Crippen LogP contribution is 2.24. The first-order valence-corrected chi connectivity index (χ1v) is 11.8. The Morgan fingerprint density at radius 3 is 1.73 bits per heavy atom. The van der Waals surface area contributed by atoms with Crippen LogP contribution in [0.5, 0.6) is 0 Å². The highest BCUT2D eigenvalue weighted by molar-refractivity contribution is 6.31. The van der Waals surface area contributed by atoms with Gasteiger partial charge in [0.25, 0.3) is 0 Å². The summed E-state index contributed by atoms with van der Waals surface area (Å²) in [7, 11) is 0. The van der Waals surface area contributed by atoms with E-state index in [1.165, 1.54) is 5.39 Å². The lowest BCUT2D eigenvalue weighted by atomic mass is 10.1. The van der Waals surface area contributed by atoms with E-state index in [1.807, 2.05) is 96.1 Å². The number of rotatable bonds is 4. The minimum absolute atomic E-state index is 0.0262. The number of halogens is 2. The van der Waals surface area contributed by atoms with Crippen LogP contribution in [0.25, 0.3) is 10.8 Å². The van der Waals surface area contributed by atoms with E-state index in [9.17, 15) is 0 Å². The molecule has 0 saturated heterocycles. The molecule has 0 radical (unpaired) electrons. The summed E-state index contributed by atoms with van der Waals surface area (Å²) in [5, 5.41) is 13.9. The molecule has 1 heterocycles. The second-order valence-electron chi connectivity index (χ2n) is 5.60. The van der Waals surface area contributed by atoms with Crippen molar-refractivity contribution >= 4 is 57.0 Å². The number of anilines is 2. The molecular formula is C25H30Cl2N6. The van der Waals surface area contributed by atoms with Crippen molar-refractivity contribution < 1.29 is 0 Å². The molecule has 1 N–H and O–H groups in total. The highest BCUT2D eigenvalue weighted by atomic mass is 35.5. The molecule has 8 heteroatoms. The predicted octanol–water partition coefficient (Wildman–Crippen LogP) is 9.57. The first-order chi connectivity index (χ1) is 16.2. The third kappa shape index (κ3) is 9.12. The number of benzene rings is 3. The summed E-state index contributed by atoms with van der Waals surface area (Å²) in [4.78, 5) is 11.6. The Morgan fingerprint density at radius 2 is 1.12 bits per heavy atom. The monoisotopic (exact) mass is 484 g/mol. The molecule has 0 saturated carbocycles. The van der Waals surface area contributed by atoms with Crippen LogP contribution in [0, 0.1) is 0 Å². The van der Waals surface area contributed by atoms with Crippen molar-refractivity contribution in [2.75, 3.05) is 5.32 Å². The van der Waals surface area contributed by atoms with Gasteiger partial charge in [0.05, 0.1) is 11.4 Å². The molecule has 4 rings (SSSR count). The lowest BCUT2D eigenvalue weighted by molar-refractivity contribution is 1.05. The van der Waals surface area contributed by atoms with Crippen LogP contribution in [0.15, 0.2) is 77.0 Å². The smallest absolute Gasteiger partial charge is 0.232 e. The van der Waals surface area contributed by atoms with Crippen LogP contribution in [-0.4, -0.2) is 15.0 Å². The zero-order chi connectivity index (χ0) is 24.6. The highest BCUT2D eigenvalue weighted by Gasteiger charge is 2.03. The summed E-state index contributed by atoms with van der Waals surface area (Å²) in [6.07, 6.45) is 0. The van der Waals surface area contributed by atoms with Gasteiger partial charge < -0.3 is 5.32 Å². The molecule has 33 heavy (non-hydrogen) atoms. The minimum Gasteiger partial charge on any atom is -0.324 e. The molecule has 0 aliphatic rings. The maximum absolute atomic E-state index is 5.76. The minimum atomic E-state index is 0.0262. The summed E-state index contributed by atoms with van der Waals surface area (Å²) in [5.74, 6) is 0.269. The van der Waals surface area contributed by atoms with Crippen LogP contribution in [0.1, 0.15) is 41.5 Å². The molecule has 1 aromatic heterocycles. The fraction of sp³-hybridized carbons (Fsp3) is 0.240. The zero-order valence-corrected chi connectivity index (χ0v) is 21.4. The van der Waals surface area contributed by atoms with Crippen LogP contribution in [0.4, 0.5) is 23.0 Å². The van der Waals surface area contributed by atoms with Gasteiger partial charge in [-0.05, 0) is 70.4 Å². The number of aromatic nitrogens is 3. The Morgan fingerprint density at radius 1 is 0.606 bits per heavy atom. The van der Waals surface area contributed by atoms with E-state index in [4.69, 9.17) is 23.2 Å². The van der Waals surface area contributed by atoms with E-state index in [2.05, 4.69) is 42.6 Å². The number of hydrogen-bond acceptors (Lipinski definition) is 6. The Bertz CT molecular complexity index is 1110. The standard InChI is InChI=1S/C19H12Cl2N6.3C2H6/c20-17-23-18(21)25-19(24-17)22-14-7-9-15(10-8-14)26-27-16-6-5-12-3-1-2-4-13(12)11-16;3*1-2/h1-11H,(H,22,23,24,25);3*1-2H3. The molecular weight excluding hydrogens is 455 g/mol. The molecule has 0 unspecified atom stereocenters. The molecule has 0 atom stereocenters. The molecule has 6 nitrogen and oxygen atoms in total. The van der Waals surface area contributed by atoms with E-state index >= 15 is 0 Å². The summed E-state index contributed by atoms with van der Waals surface area (Å²) in [6, 6.07) is 21.4. The van der Waals surface area contributed by atoms with Crippen LogP contribution >= 0.6 is 23.2 Å². The molecule has 0 fully saturated rings. The van der Waals surface area contributed by atoms with E-state index in [0.717, 1.165) is 22.4 Å². The van der Waals surface area contributed by atoms with Gasteiger partial charge in [-0.2, -0.15) is 25.2 Å². The summed E-state index contributed by atoms with van der Waals surface area (Å²) in [5.41, 5.74) is 2.28. The number of hydrogen-bond donors (Lipinski definition) is 1. The van der Waals surface area contributed by atoms with Crippen molar-refractivity contribution in [3.8, 4) is 0 Å². The van der Waals surface area contributed by atoms with E-state index < -0.39 is 0 Å². The summed E-state index contributed by atoms with van der Waals surface area (Å²) < 4.78 is 0. The molecule has 0 amide bonds. The van der Waals surface area contributed by atoms with Gasteiger partial charge in [0, 0.05) is 5.69 Å². The maximum atomic E-state index is 5.76. The molecule has 4 aromatic rings. The quantitative estimate of drug-likeness (QED) is 0.292. The second kappa shape index (κ2) is 15.7. The van der Waals surface area contributed by atoms with Crippen LogP contribution in [0.3, 0.4) is 0 Å². The van der Waals surface area contributed by atoms with Gasteiger partial charge in [-0.1, -0.05) is 71.9 Å². The van der Waals surface area contributed by atoms with Gasteiger partial charge in [-0.15, -0.1) is 0 Å². The second-order valence-corrected chi connectivity index (χ2v) is 6.28. The third-order valence-corrected chi connectivity index (χ3v) is 4.06. The lowest BCUT2D eigenvalue weighted by Crippen LogP contribution is -1.99. The molecule has 0 spiro atoms. The largest absolute Gasteiger partial charge is 0.324 e. The van der Waals surface area contributed by atoms with Crippen molar-refractivity contribution in [1.29, 1.82) is 0 Å². The zero-order valence-electron chi connectivity index (χ0n) is 19.8. The Hall–Kier alpha value is -3.09. The Kier molecular flexibility index (Phi) is 13.3. The van der Waals surface area contributed by atoms with Gasteiger partial charge in [-0.25, -0.2) is 0 Å².